The molecule has 1 heterocycles. The molecule has 1 saturated heterocycles. The zero-order chi connectivity index (χ0) is 14.7. The molecule has 114 valence electrons. The fraction of sp³-hybridized carbons (Fsp3) is 0.588. The van der Waals surface area contributed by atoms with E-state index in [4.69, 9.17) is 4.74 Å². The second-order valence-corrected chi connectivity index (χ2v) is 6.17. The molecule has 2 N–H and O–H groups in total. The van der Waals surface area contributed by atoms with Gasteiger partial charge in [-0.15, -0.1) is 0 Å². The van der Waals surface area contributed by atoms with Crippen LogP contribution in [0.25, 0.3) is 0 Å². The van der Waals surface area contributed by atoms with Crippen molar-refractivity contribution in [1.82, 2.24) is 5.32 Å². The van der Waals surface area contributed by atoms with Gasteiger partial charge in [-0.25, -0.2) is 0 Å². The summed E-state index contributed by atoms with van der Waals surface area (Å²) in [5.74, 6) is 1.61. The van der Waals surface area contributed by atoms with E-state index in [2.05, 4.69) is 10.6 Å². The number of rotatable bonds is 3. The maximum absolute atomic E-state index is 12.4. The average Bonchev–Trinajstić information content (AvgIpc) is 2.54. The number of carbonyl (C=O) groups excluding carboxylic acids is 1. The first-order chi connectivity index (χ1) is 10.3. The SMILES string of the molecule is COc1cccc(NC(=O)C2CCC3CCCCC3N2)c1. The Hall–Kier alpha value is -1.55. The quantitative estimate of drug-likeness (QED) is 0.899. The van der Waals surface area contributed by atoms with Crippen LogP contribution in [0.2, 0.25) is 0 Å². The summed E-state index contributed by atoms with van der Waals surface area (Å²) in [6, 6.07) is 7.99. The maximum atomic E-state index is 12.4. The van der Waals surface area contributed by atoms with Crippen LogP contribution in [0.5, 0.6) is 5.75 Å². The molecule has 1 aromatic carbocycles. The van der Waals surface area contributed by atoms with Crippen LogP contribution in [-0.2, 0) is 4.79 Å². The molecule has 1 aliphatic carbocycles. The second-order valence-electron chi connectivity index (χ2n) is 6.17. The van der Waals surface area contributed by atoms with Crippen molar-refractivity contribution in [1.29, 1.82) is 0 Å². The van der Waals surface area contributed by atoms with Gasteiger partial charge in [0.2, 0.25) is 5.91 Å². The molecule has 0 bridgehead atoms. The van der Waals surface area contributed by atoms with E-state index in [0.717, 1.165) is 23.8 Å². The number of fused-ring (bicyclic) bond motifs is 1. The lowest BCUT2D eigenvalue weighted by atomic mass is 9.77. The molecule has 4 nitrogen and oxygen atoms in total. The average molecular weight is 288 g/mol. The second kappa shape index (κ2) is 6.48. The van der Waals surface area contributed by atoms with Gasteiger partial charge in [0, 0.05) is 17.8 Å². The molecule has 1 saturated carbocycles. The lowest BCUT2D eigenvalue weighted by Crippen LogP contribution is -2.53. The minimum atomic E-state index is -0.0597. The number of anilines is 1. The van der Waals surface area contributed by atoms with Gasteiger partial charge in [0.1, 0.15) is 5.75 Å². The molecule has 3 rings (SSSR count). The van der Waals surface area contributed by atoms with E-state index < -0.39 is 0 Å². The van der Waals surface area contributed by atoms with E-state index in [1.807, 2.05) is 24.3 Å². The van der Waals surface area contributed by atoms with Gasteiger partial charge in [0.15, 0.2) is 0 Å². The smallest absolute Gasteiger partial charge is 0.241 e. The molecule has 0 aromatic heterocycles. The normalized spacial score (nSPS) is 28.5. The van der Waals surface area contributed by atoms with Crippen LogP contribution >= 0.6 is 0 Å². The fourth-order valence-electron chi connectivity index (χ4n) is 3.63. The largest absolute Gasteiger partial charge is 0.497 e. The van der Waals surface area contributed by atoms with E-state index in [9.17, 15) is 4.79 Å². The summed E-state index contributed by atoms with van der Waals surface area (Å²) < 4.78 is 5.19. The van der Waals surface area contributed by atoms with Crippen molar-refractivity contribution in [3.63, 3.8) is 0 Å². The van der Waals surface area contributed by atoms with Crippen LogP contribution in [0.15, 0.2) is 24.3 Å². The summed E-state index contributed by atoms with van der Waals surface area (Å²) in [5, 5.41) is 6.56. The number of methoxy groups -OCH3 is 1. The molecule has 21 heavy (non-hydrogen) atoms. The van der Waals surface area contributed by atoms with Gasteiger partial charge in [-0.2, -0.15) is 0 Å². The monoisotopic (exact) mass is 288 g/mol. The lowest BCUT2D eigenvalue weighted by molar-refractivity contribution is -0.119. The highest BCUT2D eigenvalue weighted by Crippen LogP contribution is 2.32. The first-order valence-electron chi connectivity index (χ1n) is 7.97. The van der Waals surface area contributed by atoms with E-state index in [-0.39, 0.29) is 11.9 Å². The molecular weight excluding hydrogens is 264 g/mol. The zero-order valence-electron chi connectivity index (χ0n) is 12.6. The van der Waals surface area contributed by atoms with Gasteiger partial charge in [0.05, 0.1) is 13.2 Å². The number of ether oxygens (including phenoxy) is 1. The van der Waals surface area contributed by atoms with E-state index >= 15 is 0 Å². The van der Waals surface area contributed by atoms with Crippen molar-refractivity contribution < 1.29 is 9.53 Å². The summed E-state index contributed by atoms with van der Waals surface area (Å²) in [6.45, 7) is 0. The molecule has 4 heteroatoms. The van der Waals surface area contributed by atoms with Crippen LogP contribution in [-0.4, -0.2) is 25.1 Å². The molecule has 2 aliphatic rings. The van der Waals surface area contributed by atoms with Crippen LogP contribution in [0, 0.1) is 5.92 Å². The van der Waals surface area contributed by atoms with Crippen molar-refractivity contribution in [3.05, 3.63) is 24.3 Å². The standard InChI is InChI=1S/C17H24N2O2/c1-21-14-7-4-6-13(11-14)18-17(20)16-10-9-12-5-2-3-8-15(12)19-16/h4,6-7,11-12,15-16,19H,2-3,5,8-10H2,1H3,(H,18,20). The Morgan fingerprint density at radius 2 is 2.10 bits per heavy atom. The van der Waals surface area contributed by atoms with Gasteiger partial charge >= 0.3 is 0 Å². The Morgan fingerprint density at radius 1 is 1.24 bits per heavy atom. The number of benzene rings is 1. The molecule has 1 amide bonds. The summed E-state index contributed by atoms with van der Waals surface area (Å²) in [5.41, 5.74) is 0.798. The van der Waals surface area contributed by atoms with Crippen molar-refractivity contribution >= 4 is 11.6 Å². The number of hydrogen-bond donors (Lipinski definition) is 2. The highest BCUT2D eigenvalue weighted by Gasteiger charge is 2.34. The Kier molecular flexibility index (Phi) is 4.44. The van der Waals surface area contributed by atoms with Crippen molar-refractivity contribution in [2.45, 2.75) is 50.6 Å². The van der Waals surface area contributed by atoms with Gasteiger partial charge in [-0.3, -0.25) is 4.79 Å². The molecule has 2 fully saturated rings. The first kappa shape index (κ1) is 14.4. The molecular formula is C17H24N2O2. The zero-order valence-corrected chi connectivity index (χ0v) is 12.6. The minimum absolute atomic E-state index is 0.0597. The molecule has 0 radical (unpaired) electrons. The highest BCUT2D eigenvalue weighted by atomic mass is 16.5. The Labute approximate surface area is 126 Å². The van der Waals surface area contributed by atoms with E-state index in [1.54, 1.807) is 7.11 Å². The predicted molar refractivity (Wildman–Crippen MR) is 83.5 cm³/mol. The molecule has 1 aliphatic heterocycles. The van der Waals surface area contributed by atoms with Crippen LogP contribution in [0.4, 0.5) is 5.69 Å². The summed E-state index contributed by atoms with van der Waals surface area (Å²) >= 11 is 0. The minimum Gasteiger partial charge on any atom is -0.497 e. The lowest BCUT2D eigenvalue weighted by Gasteiger charge is -2.39. The van der Waals surface area contributed by atoms with Crippen molar-refractivity contribution in [2.24, 2.45) is 5.92 Å². The molecule has 0 spiro atoms. The van der Waals surface area contributed by atoms with Gasteiger partial charge in [-0.05, 0) is 43.7 Å². The molecule has 3 unspecified atom stereocenters. The van der Waals surface area contributed by atoms with Crippen LogP contribution < -0.4 is 15.4 Å². The van der Waals surface area contributed by atoms with Gasteiger partial charge in [0.25, 0.3) is 0 Å². The number of amides is 1. The number of carbonyl (C=O) groups is 1. The third-order valence-corrected chi connectivity index (χ3v) is 4.80. The molecule has 3 atom stereocenters. The van der Waals surface area contributed by atoms with Crippen molar-refractivity contribution in [3.8, 4) is 5.75 Å². The third-order valence-electron chi connectivity index (χ3n) is 4.80. The summed E-state index contributed by atoms with van der Waals surface area (Å²) in [4.78, 5) is 12.4. The maximum Gasteiger partial charge on any atom is 0.241 e. The number of nitrogens with one attached hydrogen (secondary N) is 2. The van der Waals surface area contributed by atoms with E-state index in [0.29, 0.717) is 6.04 Å². The Bertz CT molecular complexity index is 503. The van der Waals surface area contributed by atoms with Crippen LogP contribution in [0.1, 0.15) is 38.5 Å². The van der Waals surface area contributed by atoms with Crippen LogP contribution in [0.3, 0.4) is 0 Å². The van der Waals surface area contributed by atoms with Gasteiger partial charge < -0.3 is 15.4 Å². The topological polar surface area (TPSA) is 50.4 Å². The Balaban J connectivity index is 1.60. The van der Waals surface area contributed by atoms with Crippen molar-refractivity contribution in [2.75, 3.05) is 12.4 Å². The Morgan fingerprint density at radius 3 is 2.95 bits per heavy atom. The van der Waals surface area contributed by atoms with E-state index in [1.165, 1.54) is 32.1 Å². The summed E-state index contributed by atoms with van der Waals surface area (Å²) in [6.07, 6.45) is 7.29. The third kappa shape index (κ3) is 3.38. The fourth-order valence-corrected chi connectivity index (χ4v) is 3.63. The number of piperidine rings is 1. The number of hydrogen-bond acceptors (Lipinski definition) is 3. The molecule has 1 aromatic rings. The predicted octanol–water partition coefficient (Wildman–Crippen LogP) is 2.94. The summed E-state index contributed by atoms with van der Waals surface area (Å²) in [7, 11) is 1.63. The first-order valence-corrected chi connectivity index (χ1v) is 7.97. The highest BCUT2D eigenvalue weighted by molar-refractivity contribution is 5.95. The van der Waals surface area contributed by atoms with Gasteiger partial charge in [-0.1, -0.05) is 18.9 Å².